The number of amides is 1. The van der Waals surface area contributed by atoms with E-state index in [-0.39, 0.29) is 5.91 Å². The second-order valence-corrected chi connectivity index (χ2v) is 8.54. The van der Waals surface area contributed by atoms with Gasteiger partial charge in [-0.25, -0.2) is 0 Å². The zero-order valence-electron chi connectivity index (χ0n) is 18.8. The maximum Gasteiger partial charge on any atom is 0.220 e. The molecule has 1 fully saturated rings. The summed E-state index contributed by atoms with van der Waals surface area (Å²) in [5, 5.41) is 10.8. The van der Waals surface area contributed by atoms with Gasteiger partial charge in [0.05, 0.1) is 31.2 Å². The molecule has 33 heavy (non-hydrogen) atoms. The Labute approximate surface area is 194 Å². The molecule has 172 valence electrons. The van der Waals surface area contributed by atoms with E-state index in [9.17, 15) is 4.79 Å². The third-order valence-corrected chi connectivity index (χ3v) is 6.30. The molecular weight excluding hydrogens is 416 g/mol. The van der Waals surface area contributed by atoms with Crippen LogP contribution in [0.5, 0.6) is 5.75 Å². The second-order valence-electron chi connectivity index (χ2n) is 8.54. The minimum absolute atomic E-state index is 0.0762. The van der Waals surface area contributed by atoms with E-state index in [0.29, 0.717) is 26.0 Å². The lowest BCUT2D eigenvalue weighted by atomic mass is 10.1. The number of nitrogens with zero attached hydrogens (tertiary/aromatic N) is 2. The zero-order chi connectivity index (χ0) is 22.5. The molecule has 1 amide bonds. The van der Waals surface area contributed by atoms with Crippen molar-refractivity contribution in [1.82, 2.24) is 20.4 Å². The Bertz CT molecular complexity index is 1100. The molecule has 2 aromatic carbocycles. The lowest BCUT2D eigenvalue weighted by Crippen LogP contribution is -2.41. The molecule has 1 aliphatic carbocycles. The number of fused-ring (bicyclic) bond motifs is 3. The zero-order valence-corrected chi connectivity index (χ0v) is 18.8. The molecule has 2 aliphatic rings. The van der Waals surface area contributed by atoms with Crippen LogP contribution in [0.1, 0.15) is 24.0 Å². The van der Waals surface area contributed by atoms with Gasteiger partial charge in [0.2, 0.25) is 5.91 Å². The molecule has 1 saturated heterocycles. The van der Waals surface area contributed by atoms with Gasteiger partial charge in [-0.3, -0.25) is 14.8 Å². The Balaban J connectivity index is 1.09. The summed E-state index contributed by atoms with van der Waals surface area (Å²) in [6.07, 6.45) is 2.04. The number of carbonyl (C=O) groups excluding carboxylic acids is 1. The molecule has 0 radical (unpaired) electrons. The standard InChI is InChI=1S/C26H30N4O3/c31-24(27-10-11-30-12-15-32-16-13-30)9-4-14-33-21-7-3-6-20(17-21)25-23-18-19-5-1-2-8-22(19)26(23)29-28-25/h1-3,5-8,17H,4,9-16,18H2,(H,27,31)(H,28,29). The fraction of sp³-hybridized carbons (Fsp3) is 0.385. The summed E-state index contributed by atoms with van der Waals surface area (Å²) in [5.41, 5.74) is 6.94. The van der Waals surface area contributed by atoms with Crippen LogP contribution >= 0.6 is 0 Å². The van der Waals surface area contributed by atoms with Crippen LogP contribution in [0.3, 0.4) is 0 Å². The molecule has 2 N–H and O–H groups in total. The largest absolute Gasteiger partial charge is 0.494 e. The van der Waals surface area contributed by atoms with Gasteiger partial charge in [-0.2, -0.15) is 5.10 Å². The fourth-order valence-corrected chi connectivity index (χ4v) is 4.53. The first-order chi connectivity index (χ1) is 16.3. The van der Waals surface area contributed by atoms with E-state index in [4.69, 9.17) is 9.47 Å². The fourth-order valence-electron chi connectivity index (χ4n) is 4.53. The summed E-state index contributed by atoms with van der Waals surface area (Å²) < 4.78 is 11.3. The van der Waals surface area contributed by atoms with Gasteiger partial charge in [0.25, 0.3) is 0 Å². The van der Waals surface area contributed by atoms with Gasteiger partial charge >= 0.3 is 0 Å². The third kappa shape index (κ3) is 5.10. The van der Waals surface area contributed by atoms with Crippen LogP contribution in [0.15, 0.2) is 48.5 Å². The van der Waals surface area contributed by atoms with Crippen molar-refractivity contribution in [1.29, 1.82) is 0 Å². The molecule has 1 aliphatic heterocycles. The molecule has 0 bridgehead atoms. The molecule has 0 unspecified atom stereocenters. The van der Waals surface area contributed by atoms with E-state index in [1.54, 1.807) is 0 Å². The Morgan fingerprint density at radius 3 is 2.94 bits per heavy atom. The number of carbonyl (C=O) groups is 1. The molecule has 1 aromatic heterocycles. The highest BCUT2D eigenvalue weighted by molar-refractivity contribution is 5.81. The Hall–Kier alpha value is -3.16. The maximum atomic E-state index is 12.1. The Morgan fingerprint density at radius 2 is 2.03 bits per heavy atom. The van der Waals surface area contributed by atoms with E-state index in [1.165, 1.54) is 16.7 Å². The number of ether oxygens (including phenoxy) is 2. The number of rotatable bonds is 9. The third-order valence-electron chi connectivity index (χ3n) is 6.30. The highest BCUT2D eigenvalue weighted by Gasteiger charge is 2.24. The molecule has 0 spiro atoms. The average Bonchev–Trinajstić information content (AvgIpc) is 3.42. The van der Waals surface area contributed by atoms with Crippen LogP contribution in [0.4, 0.5) is 0 Å². The molecule has 2 heterocycles. The first-order valence-electron chi connectivity index (χ1n) is 11.7. The van der Waals surface area contributed by atoms with Crippen molar-refractivity contribution in [3.63, 3.8) is 0 Å². The summed E-state index contributed by atoms with van der Waals surface area (Å²) in [4.78, 5) is 14.4. The van der Waals surface area contributed by atoms with E-state index in [2.05, 4.69) is 50.7 Å². The van der Waals surface area contributed by atoms with Crippen LogP contribution in [0, 0.1) is 0 Å². The predicted molar refractivity (Wildman–Crippen MR) is 127 cm³/mol. The Kier molecular flexibility index (Phi) is 6.69. The first-order valence-corrected chi connectivity index (χ1v) is 11.7. The van der Waals surface area contributed by atoms with E-state index in [1.807, 2.05) is 18.2 Å². The van der Waals surface area contributed by atoms with Crippen molar-refractivity contribution < 1.29 is 14.3 Å². The van der Waals surface area contributed by atoms with Gasteiger partial charge in [-0.15, -0.1) is 0 Å². The van der Waals surface area contributed by atoms with Gasteiger partial charge in [0, 0.05) is 55.7 Å². The summed E-state index contributed by atoms with van der Waals surface area (Å²) in [6, 6.07) is 16.5. The predicted octanol–water partition coefficient (Wildman–Crippen LogP) is 3.26. The van der Waals surface area contributed by atoms with Gasteiger partial charge in [-0.1, -0.05) is 36.4 Å². The highest BCUT2D eigenvalue weighted by Crippen LogP contribution is 2.40. The minimum Gasteiger partial charge on any atom is -0.494 e. The molecule has 3 aromatic rings. The quantitative estimate of drug-likeness (QED) is 0.386. The van der Waals surface area contributed by atoms with Crippen LogP contribution in [0.2, 0.25) is 0 Å². The smallest absolute Gasteiger partial charge is 0.220 e. The van der Waals surface area contributed by atoms with Crippen LogP contribution < -0.4 is 10.1 Å². The molecule has 7 heteroatoms. The molecular formula is C26H30N4O3. The number of hydrogen-bond donors (Lipinski definition) is 2. The van der Waals surface area contributed by atoms with E-state index in [0.717, 1.165) is 62.0 Å². The van der Waals surface area contributed by atoms with E-state index < -0.39 is 0 Å². The first kappa shape index (κ1) is 21.7. The van der Waals surface area contributed by atoms with Crippen molar-refractivity contribution >= 4 is 5.91 Å². The van der Waals surface area contributed by atoms with Crippen LogP contribution in [-0.4, -0.2) is 67.0 Å². The molecule has 0 atom stereocenters. The monoisotopic (exact) mass is 446 g/mol. The van der Waals surface area contributed by atoms with Gasteiger partial charge in [0.15, 0.2) is 0 Å². The van der Waals surface area contributed by atoms with Crippen LogP contribution in [-0.2, 0) is 16.0 Å². The number of aromatic amines is 1. The number of H-pyrrole nitrogens is 1. The van der Waals surface area contributed by atoms with Crippen LogP contribution in [0.25, 0.3) is 22.5 Å². The number of aromatic nitrogens is 2. The topological polar surface area (TPSA) is 79.5 Å². The number of benzene rings is 2. The lowest BCUT2D eigenvalue weighted by Gasteiger charge is -2.26. The average molecular weight is 447 g/mol. The number of morpholine rings is 1. The number of hydrogen-bond acceptors (Lipinski definition) is 5. The van der Waals surface area contributed by atoms with Crippen molar-refractivity contribution in [3.8, 4) is 28.3 Å². The summed E-state index contributed by atoms with van der Waals surface area (Å²) in [7, 11) is 0. The van der Waals surface area contributed by atoms with Crippen molar-refractivity contribution in [2.24, 2.45) is 0 Å². The molecule has 7 nitrogen and oxygen atoms in total. The maximum absolute atomic E-state index is 12.1. The Morgan fingerprint density at radius 1 is 1.15 bits per heavy atom. The SMILES string of the molecule is O=C(CCCOc1cccc(-c2n[nH]c3c2Cc2ccccc2-3)c1)NCCN1CCOCC1. The van der Waals surface area contributed by atoms with Gasteiger partial charge in [-0.05, 0) is 24.1 Å². The molecule has 0 saturated carbocycles. The summed E-state index contributed by atoms with van der Waals surface area (Å²) in [6.45, 7) is 5.50. The van der Waals surface area contributed by atoms with Crippen molar-refractivity contribution in [2.45, 2.75) is 19.3 Å². The summed E-state index contributed by atoms with van der Waals surface area (Å²) >= 11 is 0. The van der Waals surface area contributed by atoms with E-state index >= 15 is 0 Å². The van der Waals surface area contributed by atoms with Gasteiger partial charge in [0.1, 0.15) is 5.75 Å². The molecule has 5 rings (SSSR count). The van der Waals surface area contributed by atoms with Crippen molar-refractivity contribution in [2.75, 3.05) is 46.0 Å². The number of nitrogens with one attached hydrogen (secondary N) is 2. The van der Waals surface area contributed by atoms with Gasteiger partial charge < -0.3 is 14.8 Å². The normalized spacial score (nSPS) is 15.2. The van der Waals surface area contributed by atoms with Crippen molar-refractivity contribution in [3.05, 3.63) is 59.7 Å². The summed E-state index contributed by atoms with van der Waals surface area (Å²) in [5.74, 6) is 0.875. The minimum atomic E-state index is 0.0762. The second kappa shape index (κ2) is 10.2. The highest BCUT2D eigenvalue weighted by atomic mass is 16.5. The lowest BCUT2D eigenvalue weighted by molar-refractivity contribution is -0.121.